The molecule has 0 saturated heterocycles. The normalized spacial score (nSPS) is 12.3. The molecule has 1 aliphatic carbocycles. The van der Waals surface area contributed by atoms with Crippen LogP contribution in [0.15, 0.2) is 176 Å². The van der Waals surface area contributed by atoms with Gasteiger partial charge in [0.1, 0.15) is 0 Å². The van der Waals surface area contributed by atoms with Gasteiger partial charge < -0.3 is 4.57 Å². The van der Waals surface area contributed by atoms with Gasteiger partial charge in [-0.2, -0.15) is 0 Å². The van der Waals surface area contributed by atoms with Crippen LogP contribution in [0.25, 0.3) is 89.9 Å². The van der Waals surface area contributed by atoms with Crippen molar-refractivity contribution < 1.29 is 0 Å². The largest absolute Gasteiger partial charge is 0.310 e. The smallest absolute Gasteiger partial charge is 0.164 e. The third kappa shape index (κ3) is 5.71. The number of para-hydroxylation sites is 1. The molecular weight excluding hydrogens is 645 g/mol. The van der Waals surface area contributed by atoms with E-state index < -0.39 is 0 Å². The SMILES string of the molecule is C1=Cc2c(c3ccccc3n2-c2ccc(-c3ccc4ccc(-c5ccc(-c6nc(-c7ccccc7)nc(-c7ccccc7)n6)cc5)cc4c3)cc2)CC1. The molecule has 0 atom stereocenters. The topological polar surface area (TPSA) is 43.6 Å². The Bertz CT molecular complexity index is 2740. The van der Waals surface area contributed by atoms with Crippen molar-refractivity contribution in [2.75, 3.05) is 0 Å². The van der Waals surface area contributed by atoms with E-state index in [1.807, 2.05) is 60.7 Å². The van der Waals surface area contributed by atoms with Crippen molar-refractivity contribution >= 4 is 27.8 Å². The van der Waals surface area contributed by atoms with Crippen molar-refractivity contribution in [3.63, 3.8) is 0 Å². The van der Waals surface area contributed by atoms with Crippen LogP contribution in [0.5, 0.6) is 0 Å². The molecule has 2 aromatic heterocycles. The first-order chi connectivity index (χ1) is 26.2. The quantitative estimate of drug-likeness (QED) is 0.176. The van der Waals surface area contributed by atoms with Crippen molar-refractivity contribution in [2.24, 2.45) is 0 Å². The Morgan fingerprint density at radius 3 is 1.51 bits per heavy atom. The molecule has 0 saturated carbocycles. The van der Waals surface area contributed by atoms with Crippen molar-refractivity contribution in [3.8, 4) is 62.1 Å². The molecular formula is C49H34N4. The third-order valence-corrected chi connectivity index (χ3v) is 10.3. The van der Waals surface area contributed by atoms with Crippen LogP contribution in [0.3, 0.4) is 0 Å². The number of aryl methyl sites for hydroxylation is 1. The molecule has 0 radical (unpaired) electrons. The first kappa shape index (κ1) is 30.9. The van der Waals surface area contributed by atoms with E-state index in [1.165, 1.54) is 55.3 Å². The van der Waals surface area contributed by atoms with Crippen LogP contribution in [-0.4, -0.2) is 19.5 Å². The molecule has 0 amide bonds. The summed E-state index contributed by atoms with van der Waals surface area (Å²) in [4.78, 5) is 14.7. The van der Waals surface area contributed by atoms with Crippen LogP contribution in [0.2, 0.25) is 0 Å². The molecule has 4 heteroatoms. The van der Waals surface area contributed by atoms with Crippen molar-refractivity contribution in [1.29, 1.82) is 0 Å². The molecule has 0 bridgehead atoms. The summed E-state index contributed by atoms with van der Waals surface area (Å²) in [7, 11) is 0. The number of fused-ring (bicyclic) bond motifs is 4. The second-order valence-electron chi connectivity index (χ2n) is 13.6. The molecule has 250 valence electrons. The van der Waals surface area contributed by atoms with Gasteiger partial charge in [-0.3, -0.25) is 0 Å². The fourth-order valence-corrected chi connectivity index (χ4v) is 7.62. The summed E-state index contributed by atoms with van der Waals surface area (Å²) in [5, 5.41) is 3.78. The van der Waals surface area contributed by atoms with Gasteiger partial charge in [0.15, 0.2) is 17.5 Å². The van der Waals surface area contributed by atoms with Crippen LogP contribution in [0.4, 0.5) is 0 Å². The van der Waals surface area contributed by atoms with Gasteiger partial charge in [0.2, 0.25) is 0 Å². The molecule has 53 heavy (non-hydrogen) atoms. The van der Waals surface area contributed by atoms with Crippen molar-refractivity contribution in [2.45, 2.75) is 12.8 Å². The third-order valence-electron chi connectivity index (χ3n) is 10.3. The number of allylic oxidation sites excluding steroid dienone is 1. The molecule has 0 aliphatic heterocycles. The average Bonchev–Trinajstić information content (AvgIpc) is 3.58. The van der Waals surface area contributed by atoms with Gasteiger partial charge >= 0.3 is 0 Å². The molecule has 0 unspecified atom stereocenters. The van der Waals surface area contributed by atoms with Crippen LogP contribution >= 0.6 is 0 Å². The number of hydrogen-bond donors (Lipinski definition) is 0. The Balaban J connectivity index is 0.958. The fourth-order valence-electron chi connectivity index (χ4n) is 7.62. The van der Waals surface area contributed by atoms with E-state index in [0.717, 1.165) is 35.1 Å². The molecule has 0 N–H and O–H groups in total. The van der Waals surface area contributed by atoms with Gasteiger partial charge in [0.05, 0.1) is 5.52 Å². The van der Waals surface area contributed by atoms with Gasteiger partial charge in [-0.1, -0.05) is 146 Å². The predicted octanol–water partition coefficient (Wildman–Crippen LogP) is 12.3. The van der Waals surface area contributed by atoms with E-state index in [-0.39, 0.29) is 0 Å². The number of benzene rings is 7. The molecule has 0 spiro atoms. The van der Waals surface area contributed by atoms with Gasteiger partial charge in [-0.15, -0.1) is 0 Å². The van der Waals surface area contributed by atoms with E-state index >= 15 is 0 Å². The first-order valence-electron chi connectivity index (χ1n) is 18.2. The minimum Gasteiger partial charge on any atom is -0.310 e. The first-order valence-corrected chi connectivity index (χ1v) is 18.2. The highest BCUT2D eigenvalue weighted by Gasteiger charge is 2.18. The van der Waals surface area contributed by atoms with E-state index in [9.17, 15) is 0 Å². The number of hydrogen-bond acceptors (Lipinski definition) is 3. The Kier molecular flexibility index (Phi) is 7.58. The van der Waals surface area contributed by atoms with Gasteiger partial charge in [0.25, 0.3) is 0 Å². The maximum absolute atomic E-state index is 4.91. The molecule has 0 fully saturated rings. The van der Waals surface area contributed by atoms with E-state index in [0.29, 0.717) is 17.5 Å². The predicted molar refractivity (Wildman–Crippen MR) is 219 cm³/mol. The van der Waals surface area contributed by atoms with Crippen LogP contribution in [0.1, 0.15) is 17.7 Å². The Morgan fingerprint density at radius 1 is 0.415 bits per heavy atom. The highest BCUT2D eigenvalue weighted by atomic mass is 15.0. The lowest BCUT2D eigenvalue weighted by Crippen LogP contribution is -2.00. The minimum atomic E-state index is 0.653. The standard InChI is InChI=1S/C49H34N4/c1-3-11-36(12-4-1)47-50-48(37-13-5-2-6-14-37)52-49(51-47)38-23-19-33(20-24-38)39-25-21-35-22-26-40(32-41(35)31-39)34-27-29-42(30-28-34)53-45-17-9-7-15-43(45)44-16-8-10-18-46(44)53/h1-7,9-15,17-32H,8,16H2. The Morgan fingerprint density at radius 2 is 0.906 bits per heavy atom. The number of rotatable bonds is 6. The van der Waals surface area contributed by atoms with Crippen LogP contribution in [0, 0.1) is 0 Å². The average molecular weight is 679 g/mol. The summed E-state index contributed by atoms with van der Waals surface area (Å²) in [6.45, 7) is 0. The summed E-state index contributed by atoms with van der Waals surface area (Å²) >= 11 is 0. The second kappa shape index (κ2) is 13.0. The zero-order valence-corrected chi connectivity index (χ0v) is 29.0. The summed E-state index contributed by atoms with van der Waals surface area (Å²) in [5.74, 6) is 1.97. The molecule has 2 heterocycles. The van der Waals surface area contributed by atoms with Gasteiger partial charge in [-0.25, -0.2) is 15.0 Å². The molecule has 1 aliphatic rings. The molecule has 4 nitrogen and oxygen atoms in total. The summed E-state index contributed by atoms with van der Waals surface area (Å²) in [5.41, 5.74) is 12.8. The van der Waals surface area contributed by atoms with Crippen molar-refractivity contribution in [3.05, 3.63) is 187 Å². The monoisotopic (exact) mass is 678 g/mol. The number of nitrogens with zero attached hydrogens (tertiary/aromatic N) is 4. The highest BCUT2D eigenvalue weighted by molar-refractivity contribution is 5.92. The summed E-state index contributed by atoms with van der Waals surface area (Å²) < 4.78 is 2.41. The van der Waals surface area contributed by atoms with E-state index in [2.05, 4.69) is 126 Å². The lowest BCUT2D eigenvalue weighted by atomic mass is 9.97. The lowest BCUT2D eigenvalue weighted by molar-refractivity contribution is 0.967. The van der Waals surface area contributed by atoms with Crippen molar-refractivity contribution in [1.82, 2.24) is 19.5 Å². The van der Waals surface area contributed by atoms with Gasteiger partial charge in [-0.05, 0) is 87.8 Å². The maximum atomic E-state index is 4.91. The Labute approximate surface area is 308 Å². The van der Waals surface area contributed by atoms with Crippen LogP contribution < -0.4 is 0 Å². The van der Waals surface area contributed by atoms with E-state index in [1.54, 1.807) is 0 Å². The molecule has 10 rings (SSSR count). The molecule has 9 aromatic rings. The summed E-state index contributed by atoms with van der Waals surface area (Å²) in [6.07, 6.45) is 6.77. The minimum absolute atomic E-state index is 0.653. The number of aromatic nitrogens is 4. The lowest BCUT2D eigenvalue weighted by Gasteiger charge is -2.13. The second-order valence-corrected chi connectivity index (χ2v) is 13.6. The zero-order chi connectivity index (χ0) is 35.1. The zero-order valence-electron chi connectivity index (χ0n) is 29.0. The van der Waals surface area contributed by atoms with Crippen LogP contribution in [-0.2, 0) is 6.42 Å². The fraction of sp³-hybridized carbons (Fsp3) is 0.0408. The van der Waals surface area contributed by atoms with Gasteiger partial charge in [0, 0.05) is 33.5 Å². The Hall–Kier alpha value is -6.91. The van der Waals surface area contributed by atoms with E-state index in [4.69, 9.17) is 15.0 Å². The molecule has 7 aromatic carbocycles. The maximum Gasteiger partial charge on any atom is 0.164 e. The highest BCUT2D eigenvalue weighted by Crippen LogP contribution is 2.35. The summed E-state index contributed by atoms with van der Waals surface area (Å²) in [6, 6.07) is 60.0.